The Morgan fingerprint density at radius 1 is 1.24 bits per heavy atom. The van der Waals surface area contributed by atoms with Crippen molar-refractivity contribution < 1.29 is 24.4 Å². The molecule has 7 heteroatoms. The van der Waals surface area contributed by atoms with Gasteiger partial charge in [0.2, 0.25) is 17.4 Å². The van der Waals surface area contributed by atoms with E-state index in [1.54, 1.807) is 32.9 Å². The summed E-state index contributed by atoms with van der Waals surface area (Å²) in [6.45, 7) is 5.72. The fourth-order valence-electron chi connectivity index (χ4n) is 4.11. The SMILES string of the molecule is CCOC(=O)[C@]1(C)[NH2+][C@@H](c2ccc(Cl)cc2)[C@H]2C(=O)N(CC)C(=O)[C@H]21. The number of imide groups is 1. The van der Waals surface area contributed by atoms with Gasteiger partial charge in [0.25, 0.3) is 0 Å². The van der Waals surface area contributed by atoms with Gasteiger partial charge in [0.1, 0.15) is 17.9 Å². The zero-order valence-corrected chi connectivity index (χ0v) is 15.2. The molecular weight excluding hydrogens is 344 g/mol. The number of quaternary nitrogens is 1. The second-order valence-corrected chi connectivity index (χ2v) is 7.11. The van der Waals surface area contributed by atoms with Crippen molar-refractivity contribution in [2.75, 3.05) is 13.2 Å². The predicted octanol–water partition coefficient (Wildman–Crippen LogP) is 0.901. The van der Waals surface area contributed by atoms with Gasteiger partial charge in [-0.05, 0) is 26.0 Å². The molecule has 2 fully saturated rings. The minimum absolute atomic E-state index is 0.221. The molecule has 0 bridgehead atoms. The molecule has 3 rings (SSSR count). The van der Waals surface area contributed by atoms with E-state index in [-0.39, 0.29) is 24.5 Å². The van der Waals surface area contributed by atoms with Crippen molar-refractivity contribution in [1.82, 2.24) is 4.90 Å². The van der Waals surface area contributed by atoms with Crippen molar-refractivity contribution >= 4 is 29.4 Å². The highest BCUT2D eigenvalue weighted by atomic mass is 35.5. The Bertz CT molecular complexity index is 720. The zero-order chi connectivity index (χ0) is 18.4. The van der Waals surface area contributed by atoms with Gasteiger partial charge in [-0.3, -0.25) is 14.5 Å². The van der Waals surface area contributed by atoms with E-state index in [0.29, 0.717) is 11.6 Å². The van der Waals surface area contributed by atoms with E-state index in [0.717, 1.165) is 5.56 Å². The summed E-state index contributed by atoms with van der Waals surface area (Å²) in [4.78, 5) is 39.6. The van der Waals surface area contributed by atoms with Crippen LogP contribution in [0.4, 0.5) is 0 Å². The van der Waals surface area contributed by atoms with Crippen LogP contribution in [0.2, 0.25) is 5.02 Å². The van der Waals surface area contributed by atoms with Crippen LogP contribution in [0.5, 0.6) is 0 Å². The number of benzene rings is 1. The number of esters is 1. The Labute approximate surface area is 151 Å². The molecule has 6 nitrogen and oxygen atoms in total. The Morgan fingerprint density at radius 3 is 2.44 bits per heavy atom. The summed E-state index contributed by atoms with van der Waals surface area (Å²) in [7, 11) is 0. The normalized spacial score (nSPS) is 31.4. The number of hydrogen-bond acceptors (Lipinski definition) is 4. The van der Waals surface area contributed by atoms with Gasteiger partial charge >= 0.3 is 5.97 Å². The molecule has 1 aromatic rings. The summed E-state index contributed by atoms with van der Waals surface area (Å²) in [5.74, 6) is -2.27. The van der Waals surface area contributed by atoms with Crippen molar-refractivity contribution in [3.8, 4) is 0 Å². The summed E-state index contributed by atoms with van der Waals surface area (Å²) in [6, 6.07) is 6.84. The molecule has 4 atom stereocenters. The third-order valence-electron chi connectivity index (χ3n) is 5.29. The lowest BCUT2D eigenvalue weighted by Crippen LogP contribution is -2.97. The molecule has 0 aromatic heterocycles. The fraction of sp³-hybridized carbons (Fsp3) is 0.500. The maximum absolute atomic E-state index is 12.9. The number of likely N-dealkylation sites (tertiary alicyclic amines) is 1. The molecule has 2 N–H and O–H groups in total. The molecule has 0 spiro atoms. The van der Waals surface area contributed by atoms with Gasteiger partial charge in [0.15, 0.2) is 0 Å². The monoisotopic (exact) mass is 365 g/mol. The number of carbonyl (C=O) groups excluding carboxylic acids is 3. The van der Waals surface area contributed by atoms with E-state index in [1.165, 1.54) is 4.90 Å². The summed E-state index contributed by atoms with van der Waals surface area (Å²) >= 11 is 5.96. The predicted molar refractivity (Wildman–Crippen MR) is 90.5 cm³/mol. The average molecular weight is 366 g/mol. The molecule has 1 aromatic carbocycles. The fourth-order valence-corrected chi connectivity index (χ4v) is 4.23. The van der Waals surface area contributed by atoms with Crippen LogP contribution in [0.15, 0.2) is 24.3 Å². The number of amides is 2. The van der Waals surface area contributed by atoms with Crippen LogP contribution >= 0.6 is 11.6 Å². The van der Waals surface area contributed by atoms with Crippen molar-refractivity contribution in [3.05, 3.63) is 34.9 Å². The largest absolute Gasteiger partial charge is 0.461 e. The maximum Gasteiger partial charge on any atom is 0.368 e. The Morgan fingerprint density at radius 2 is 1.88 bits per heavy atom. The molecule has 2 aliphatic heterocycles. The molecule has 2 amide bonds. The molecule has 0 saturated carbocycles. The van der Waals surface area contributed by atoms with Gasteiger partial charge in [-0.1, -0.05) is 23.7 Å². The first-order valence-electron chi connectivity index (χ1n) is 8.49. The Kier molecular flexibility index (Phi) is 4.60. The third kappa shape index (κ3) is 2.64. The second-order valence-electron chi connectivity index (χ2n) is 6.67. The van der Waals surface area contributed by atoms with E-state index in [2.05, 4.69) is 0 Å². The van der Waals surface area contributed by atoms with Crippen LogP contribution in [0.25, 0.3) is 0 Å². The van der Waals surface area contributed by atoms with Crippen molar-refractivity contribution in [1.29, 1.82) is 0 Å². The lowest BCUT2D eigenvalue weighted by molar-refractivity contribution is -0.731. The molecular formula is C18H22ClN2O4+. The van der Waals surface area contributed by atoms with Gasteiger partial charge in [-0.25, -0.2) is 4.79 Å². The Hall–Kier alpha value is -1.92. The molecule has 0 radical (unpaired) electrons. The topological polar surface area (TPSA) is 80.3 Å². The molecule has 0 aliphatic carbocycles. The van der Waals surface area contributed by atoms with Gasteiger partial charge in [0, 0.05) is 24.1 Å². The van der Waals surface area contributed by atoms with Gasteiger partial charge in [-0.2, -0.15) is 0 Å². The number of ether oxygens (including phenoxy) is 1. The zero-order valence-electron chi connectivity index (χ0n) is 14.5. The number of nitrogens with two attached hydrogens (primary N) is 1. The van der Waals surface area contributed by atoms with Crippen LogP contribution in [0.1, 0.15) is 32.4 Å². The summed E-state index contributed by atoms with van der Waals surface area (Å²) in [5, 5.41) is 2.40. The first kappa shape index (κ1) is 17.9. The van der Waals surface area contributed by atoms with Gasteiger partial charge in [0.05, 0.1) is 6.61 Å². The number of hydrogen-bond donors (Lipinski definition) is 1. The van der Waals surface area contributed by atoms with Gasteiger partial charge in [-0.15, -0.1) is 0 Å². The first-order chi connectivity index (χ1) is 11.8. The van der Waals surface area contributed by atoms with E-state index in [1.807, 2.05) is 17.4 Å². The molecule has 2 aliphatic rings. The number of halogens is 1. The number of rotatable bonds is 4. The summed E-state index contributed by atoms with van der Waals surface area (Å²) in [6.07, 6.45) is 0. The van der Waals surface area contributed by atoms with Crippen molar-refractivity contribution in [3.63, 3.8) is 0 Å². The van der Waals surface area contributed by atoms with E-state index >= 15 is 0 Å². The lowest BCUT2D eigenvalue weighted by atomic mass is 9.80. The standard InChI is InChI=1S/C18H21ClN2O4/c1-4-21-15(22)12-13(16(21)23)18(3,17(24)25-5-2)20-14(12)10-6-8-11(19)9-7-10/h6-9,12-14,20H,4-5H2,1-3H3/p+1/t12-,13-,14-,18+/m0/s1. The molecule has 25 heavy (non-hydrogen) atoms. The number of carbonyl (C=O) groups is 3. The minimum atomic E-state index is -1.12. The molecule has 0 unspecified atom stereocenters. The Balaban J connectivity index is 2.07. The van der Waals surface area contributed by atoms with E-state index < -0.39 is 23.3 Å². The highest BCUT2D eigenvalue weighted by Gasteiger charge is 2.70. The lowest BCUT2D eigenvalue weighted by Gasteiger charge is -2.25. The summed E-state index contributed by atoms with van der Waals surface area (Å²) < 4.78 is 5.22. The number of fused-ring (bicyclic) bond motifs is 1. The van der Waals surface area contributed by atoms with E-state index in [9.17, 15) is 14.4 Å². The molecule has 2 saturated heterocycles. The second kappa shape index (κ2) is 6.42. The molecule has 2 heterocycles. The van der Waals surface area contributed by atoms with Crippen LogP contribution in [0, 0.1) is 11.8 Å². The molecule has 134 valence electrons. The quantitative estimate of drug-likeness (QED) is 0.635. The highest BCUT2D eigenvalue weighted by molar-refractivity contribution is 6.30. The van der Waals surface area contributed by atoms with Gasteiger partial charge < -0.3 is 10.1 Å². The van der Waals surface area contributed by atoms with Crippen LogP contribution in [-0.2, 0) is 19.1 Å². The maximum atomic E-state index is 12.9. The third-order valence-corrected chi connectivity index (χ3v) is 5.54. The highest BCUT2D eigenvalue weighted by Crippen LogP contribution is 2.44. The van der Waals surface area contributed by atoms with E-state index in [4.69, 9.17) is 16.3 Å². The van der Waals surface area contributed by atoms with Crippen LogP contribution < -0.4 is 5.32 Å². The first-order valence-corrected chi connectivity index (χ1v) is 8.86. The van der Waals surface area contributed by atoms with Crippen LogP contribution in [0.3, 0.4) is 0 Å². The minimum Gasteiger partial charge on any atom is -0.461 e. The van der Waals surface area contributed by atoms with Crippen LogP contribution in [-0.4, -0.2) is 41.4 Å². The smallest absolute Gasteiger partial charge is 0.368 e. The van der Waals surface area contributed by atoms with Crippen molar-refractivity contribution in [2.45, 2.75) is 32.4 Å². The number of nitrogens with zero attached hydrogens (tertiary/aromatic N) is 1. The summed E-state index contributed by atoms with van der Waals surface area (Å²) in [5.41, 5.74) is -0.256. The average Bonchev–Trinajstić information content (AvgIpc) is 3.03. The van der Waals surface area contributed by atoms with Crippen molar-refractivity contribution in [2.24, 2.45) is 11.8 Å².